The summed E-state index contributed by atoms with van der Waals surface area (Å²) in [6, 6.07) is 3.46. The van der Waals surface area contributed by atoms with Gasteiger partial charge in [0.25, 0.3) is 0 Å². The second-order valence-corrected chi connectivity index (χ2v) is 1.62. The Kier molecular flexibility index (Phi) is 1.73. The summed E-state index contributed by atoms with van der Waals surface area (Å²) in [5, 5.41) is 0. The summed E-state index contributed by atoms with van der Waals surface area (Å²) in [6.07, 6.45) is 1.58. The van der Waals surface area contributed by atoms with Gasteiger partial charge in [-0.05, 0) is 17.7 Å². The molecule has 3 heteroatoms. The lowest BCUT2D eigenvalue weighted by atomic mass is 10.0. The van der Waals surface area contributed by atoms with Crippen LogP contribution in [0.1, 0.15) is 0 Å². The van der Waals surface area contributed by atoms with Crippen molar-refractivity contribution in [2.75, 3.05) is 7.11 Å². The van der Waals surface area contributed by atoms with E-state index in [4.69, 9.17) is 12.6 Å². The smallest absolute Gasteiger partial charge is 0.141 e. The summed E-state index contributed by atoms with van der Waals surface area (Å²) in [6.45, 7) is 0. The number of methoxy groups -OCH3 is 1. The van der Waals surface area contributed by atoms with Gasteiger partial charge < -0.3 is 4.74 Å². The second-order valence-electron chi connectivity index (χ2n) is 1.62. The lowest BCUT2D eigenvalue weighted by molar-refractivity contribution is 0.413. The summed E-state index contributed by atoms with van der Waals surface area (Å²) in [7, 11) is 6.91. The molecule has 0 aliphatic heterocycles. The molecule has 9 heavy (non-hydrogen) atoms. The number of nitrogens with zero attached hydrogens (tertiary/aromatic N) is 1. The fourth-order valence-electron chi connectivity index (χ4n) is 0.512. The van der Waals surface area contributed by atoms with Crippen molar-refractivity contribution in [3.8, 4) is 5.75 Å². The molecule has 0 atom stereocenters. The summed E-state index contributed by atoms with van der Waals surface area (Å²) < 4.78 is 4.85. The van der Waals surface area contributed by atoms with Crippen LogP contribution in [0.3, 0.4) is 0 Å². The van der Waals surface area contributed by atoms with Gasteiger partial charge in [0.2, 0.25) is 0 Å². The first-order valence-corrected chi connectivity index (χ1v) is 2.58. The minimum absolute atomic E-state index is 0.510. The van der Waals surface area contributed by atoms with E-state index in [0.29, 0.717) is 5.59 Å². The zero-order valence-corrected chi connectivity index (χ0v) is 5.16. The van der Waals surface area contributed by atoms with Crippen LogP contribution in [-0.2, 0) is 0 Å². The summed E-state index contributed by atoms with van der Waals surface area (Å²) in [4.78, 5) is 3.80. The van der Waals surface area contributed by atoms with Crippen molar-refractivity contribution < 1.29 is 4.74 Å². The zero-order valence-electron chi connectivity index (χ0n) is 5.16. The van der Waals surface area contributed by atoms with E-state index in [2.05, 4.69) is 4.98 Å². The van der Waals surface area contributed by atoms with E-state index < -0.39 is 0 Å². The third kappa shape index (κ3) is 1.45. The molecule has 1 heterocycles. The van der Waals surface area contributed by atoms with Crippen LogP contribution in [0, 0.1) is 0 Å². The lowest BCUT2D eigenvalue weighted by Crippen LogP contribution is -2.05. The monoisotopic (exact) mass is 119 g/mol. The zero-order chi connectivity index (χ0) is 6.69. The van der Waals surface area contributed by atoms with Gasteiger partial charge in [-0.1, -0.05) is 0 Å². The molecule has 0 spiro atoms. The summed E-state index contributed by atoms with van der Waals surface area (Å²) in [5.41, 5.74) is 0.510. The molecule has 1 rings (SSSR count). The first kappa shape index (κ1) is 6.14. The lowest BCUT2D eigenvalue weighted by Gasteiger charge is -1.96. The highest BCUT2D eigenvalue weighted by Gasteiger charge is 1.86. The SMILES string of the molecule is [B]c1ccc(OC)cn1. The van der Waals surface area contributed by atoms with Crippen molar-refractivity contribution in [2.45, 2.75) is 0 Å². The molecular weight excluding hydrogens is 113 g/mol. The van der Waals surface area contributed by atoms with Crippen LogP contribution < -0.4 is 10.3 Å². The molecule has 0 unspecified atom stereocenters. The Labute approximate surface area is 55.3 Å². The Hall–Kier alpha value is -0.985. The van der Waals surface area contributed by atoms with Crippen LogP contribution in [0.5, 0.6) is 5.75 Å². The highest BCUT2D eigenvalue weighted by Crippen LogP contribution is 2.01. The van der Waals surface area contributed by atoms with Crippen molar-refractivity contribution in [1.29, 1.82) is 0 Å². The maximum absolute atomic E-state index is 5.31. The molecule has 1 aromatic heterocycles. The Morgan fingerprint density at radius 2 is 2.33 bits per heavy atom. The number of hydrogen-bond donors (Lipinski definition) is 0. The van der Waals surface area contributed by atoms with Gasteiger partial charge in [-0.25, -0.2) is 0 Å². The summed E-state index contributed by atoms with van der Waals surface area (Å²) in [5.74, 6) is 0.726. The molecule has 0 saturated heterocycles. The molecule has 0 N–H and O–H groups in total. The molecule has 0 fully saturated rings. The van der Waals surface area contributed by atoms with Gasteiger partial charge in [-0.15, -0.1) is 0 Å². The molecule has 2 nitrogen and oxygen atoms in total. The molecule has 0 aliphatic carbocycles. The van der Waals surface area contributed by atoms with Crippen LogP contribution in [0.15, 0.2) is 18.3 Å². The molecule has 0 bridgehead atoms. The Bertz CT molecular complexity index is 185. The molecule has 0 aromatic carbocycles. The van der Waals surface area contributed by atoms with Gasteiger partial charge in [0.15, 0.2) is 0 Å². The summed E-state index contributed by atoms with van der Waals surface area (Å²) >= 11 is 0. The van der Waals surface area contributed by atoms with Crippen molar-refractivity contribution in [3.63, 3.8) is 0 Å². The average Bonchev–Trinajstić information content (AvgIpc) is 1.90. The second kappa shape index (κ2) is 2.53. The fourth-order valence-corrected chi connectivity index (χ4v) is 0.512. The van der Waals surface area contributed by atoms with Crippen molar-refractivity contribution in [1.82, 2.24) is 4.98 Å². The highest BCUT2D eigenvalue weighted by atomic mass is 16.5. The maximum atomic E-state index is 5.31. The Balaban J connectivity index is 2.88. The van der Waals surface area contributed by atoms with E-state index in [1.165, 1.54) is 0 Å². The van der Waals surface area contributed by atoms with E-state index in [1.807, 2.05) is 0 Å². The minimum Gasteiger partial charge on any atom is -0.495 e. The standard InChI is InChI=1S/C6H6BNO/c1-9-5-2-3-6(7)8-4-5/h2-4H,1H3. The normalized spacial score (nSPS) is 9.00. The molecule has 0 amide bonds. The van der Waals surface area contributed by atoms with Crippen molar-refractivity contribution in [2.24, 2.45) is 0 Å². The van der Waals surface area contributed by atoms with E-state index in [-0.39, 0.29) is 0 Å². The Morgan fingerprint density at radius 1 is 1.56 bits per heavy atom. The number of rotatable bonds is 1. The van der Waals surface area contributed by atoms with Crippen LogP contribution in [0.2, 0.25) is 0 Å². The number of aromatic nitrogens is 1. The number of pyridine rings is 1. The first-order chi connectivity index (χ1) is 4.33. The fraction of sp³-hybridized carbons (Fsp3) is 0.167. The van der Waals surface area contributed by atoms with Gasteiger partial charge >= 0.3 is 0 Å². The van der Waals surface area contributed by atoms with E-state index in [1.54, 1.807) is 25.4 Å². The van der Waals surface area contributed by atoms with Gasteiger partial charge in [0, 0.05) is 0 Å². The van der Waals surface area contributed by atoms with Gasteiger partial charge in [0.05, 0.1) is 13.3 Å². The number of ether oxygens (including phenoxy) is 1. The minimum atomic E-state index is 0.510. The molecule has 0 aliphatic rings. The third-order valence-electron chi connectivity index (χ3n) is 0.995. The van der Waals surface area contributed by atoms with E-state index in [9.17, 15) is 0 Å². The molecule has 0 saturated carbocycles. The van der Waals surface area contributed by atoms with Gasteiger partial charge in [-0.2, -0.15) is 0 Å². The quantitative estimate of drug-likeness (QED) is 0.481. The van der Waals surface area contributed by atoms with E-state index in [0.717, 1.165) is 5.75 Å². The van der Waals surface area contributed by atoms with Crippen LogP contribution in [0.4, 0.5) is 0 Å². The van der Waals surface area contributed by atoms with Crippen LogP contribution in [0.25, 0.3) is 0 Å². The maximum Gasteiger partial charge on any atom is 0.141 e. The van der Waals surface area contributed by atoms with Gasteiger partial charge in [0.1, 0.15) is 13.6 Å². The van der Waals surface area contributed by atoms with Crippen LogP contribution >= 0.6 is 0 Å². The number of hydrogen-bond acceptors (Lipinski definition) is 2. The largest absolute Gasteiger partial charge is 0.495 e. The van der Waals surface area contributed by atoms with E-state index >= 15 is 0 Å². The van der Waals surface area contributed by atoms with Crippen LogP contribution in [-0.4, -0.2) is 19.9 Å². The van der Waals surface area contributed by atoms with Crippen molar-refractivity contribution in [3.05, 3.63) is 18.3 Å². The Morgan fingerprint density at radius 3 is 2.78 bits per heavy atom. The molecular formula is C6H6BNO. The predicted molar refractivity (Wildman–Crippen MR) is 36.2 cm³/mol. The van der Waals surface area contributed by atoms with Crippen molar-refractivity contribution >= 4 is 13.4 Å². The average molecular weight is 119 g/mol. The first-order valence-electron chi connectivity index (χ1n) is 2.58. The third-order valence-corrected chi connectivity index (χ3v) is 0.995. The topological polar surface area (TPSA) is 22.1 Å². The molecule has 44 valence electrons. The highest BCUT2D eigenvalue weighted by molar-refractivity contribution is 6.30. The molecule has 2 radical (unpaired) electrons. The van der Waals surface area contributed by atoms with Gasteiger partial charge in [-0.3, -0.25) is 4.98 Å². The molecule has 1 aromatic rings. The predicted octanol–water partition coefficient (Wildman–Crippen LogP) is -0.116.